The maximum Gasteiger partial charge on any atom is 0.227 e. The average Bonchev–Trinajstić information content (AvgIpc) is 3.08. The molecule has 9 heteroatoms. The van der Waals surface area contributed by atoms with Crippen LogP contribution in [0.5, 0.6) is 0 Å². The number of carbonyl (C=O) groups is 1. The fourth-order valence-corrected chi connectivity index (χ4v) is 3.68. The summed E-state index contributed by atoms with van der Waals surface area (Å²) >= 11 is 0. The Labute approximate surface area is 179 Å². The number of hydrogen-bond donors (Lipinski definition) is 0. The molecule has 162 valence electrons. The van der Waals surface area contributed by atoms with Gasteiger partial charge in [-0.1, -0.05) is 6.07 Å². The number of aromatic nitrogens is 4. The number of rotatable bonds is 4. The molecule has 7 nitrogen and oxygen atoms in total. The second kappa shape index (κ2) is 8.41. The van der Waals surface area contributed by atoms with Crippen LogP contribution in [-0.4, -0.2) is 56.5 Å². The molecule has 1 saturated heterocycles. The first-order chi connectivity index (χ1) is 14.8. The molecule has 31 heavy (non-hydrogen) atoms. The van der Waals surface area contributed by atoms with Crippen molar-refractivity contribution >= 4 is 11.7 Å². The highest BCUT2D eigenvalue weighted by atomic mass is 19.1. The number of aryl methyl sites for hydroxylation is 2. The Morgan fingerprint density at radius 2 is 1.71 bits per heavy atom. The first kappa shape index (κ1) is 20.9. The van der Waals surface area contributed by atoms with Gasteiger partial charge in [-0.05, 0) is 32.4 Å². The molecular formula is C22H24F2N6O. The van der Waals surface area contributed by atoms with E-state index in [9.17, 15) is 13.6 Å². The molecule has 0 aliphatic carbocycles. The smallest absolute Gasteiger partial charge is 0.227 e. The zero-order valence-electron chi connectivity index (χ0n) is 17.8. The predicted octanol–water partition coefficient (Wildman–Crippen LogP) is 2.76. The number of piperazine rings is 1. The molecule has 1 amide bonds. The van der Waals surface area contributed by atoms with Crippen molar-refractivity contribution in [2.45, 2.75) is 27.2 Å². The van der Waals surface area contributed by atoms with Gasteiger partial charge in [-0.25, -0.2) is 23.7 Å². The summed E-state index contributed by atoms with van der Waals surface area (Å²) < 4.78 is 28.9. The van der Waals surface area contributed by atoms with Crippen LogP contribution in [0.25, 0.3) is 5.82 Å². The molecule has 0 atom stereocenters. The molecule has 0 spiro atoms. The van der Waals surface area contributed by atoms with E-state index in [-0.39, 0.29) is 17.9 Å². The third-order valence-electron chi connectivity index (χ3n) is 5.62. The Morgan fingerprint density at radius 3 is 2.35 bits per heavy atom. The SMILES string of the molecule is Cc1nc(N2CCN(C(=O)Cc3ccc(F)cc3F)CC2)cc(-n2cnc(C)c2C)n1. The van der Waals surface area contributed by atoms with Gasteiger partial charge in [0.15, 0.2) is 0 Å². The normalized spacial score (nSPS) is 14.2. The molecule has 0 saturated carbocycles. The molecular weight excluding hydrogens is 402 g/mol. The minimum Gasteiger partial charge on any atom is -0.353 e. The van der Waals surface area contributed by atoms with Gasteiger partial charge in [0.1, 0.15) is 35.4 Å². The van der Waals surface area contributed by atoms with Gasteiger partial charge in [0.2, 0.25) is 5.91 Å². The van der Waals surface area contributed by atoms with E-state index in [2.05, 4.69) is 19.9 Å². The molecule has 4 rings (SSSR count). The lowest BCUT2D eigenvalue weighted by atomic mass is 10.1. The molecule has 1 fully saturated rings. The number of anilines is 1. The Kier molecular flexibility index (Phi) is 5.67. The summed E-state index contributed by atoms with van der Waals surface area (Å²) in [4.78, 5) is 29.9. The quantitative estimate of drug-likeness (QED) is 0.642. The zero-order chi connectivity index (χ0) is 22.1. The van der Waals surface area contributed by atoms with Gasteiger partial charge >= 0.3 is 0 Å². The fraction of sp³-hybridized carbons (Fsp3) is 0.364. The van der Waals surface area contributed by atoms with Crippen molar-refractivity contribution in [2.24, 2.45) is 0 Å². The highest BCUT2D eigenvalue weighted by Gasteiger charge is 2.23. The Morgan fingerprint density at radius 1 is 1.00 bits per heavy atom. The Hall–Kier alpha value is -3.36. The van der Waals surface area contributed by atoms with Crippen molar-refractivity contribution in [1.82, 2.24) is 24.4 Å². The molecule has 0 bridgehead atoms. The van der Waals surface area contributed by atoms with Crippen LogP contribution in [0, 0.1) is 32.4 Å². The highest BCUT2D eigenvalue weighted by molar-refractivity contribution is 5.79. The van der Waals surface area contributed by atoms with Crippen molar-refractivity contribution in [1.29, 1.82) is 0 Å². The number of imidazole rings is 1. The lowest BCUT2D eigenvalue weighted by Gasteiger charge is -2.35. The molecule has 1 aromatic carbocycles. The minimum atomic E-state index is -0.694. The first-order valence-corrected chi connectivity index (χ1v) is 10.1. The summed E-state index contributed by atoms with van der Waals surface area (Å²) in [6.07, 6.45) is 1.67. The summed E-state index contributed by atoms with van der Waals surface area (Å²) in [6, 6.07) is 5.22. The number of carbonyl (C=O) groups excluding carboxylic acids is 1. The summed E-state index contributed by atoms with van der Waals surface area (Å²) in [6.45, 7) is 8.02. The monoisotopic (exact) mass is 426 g/mol. The van der Waals surface area contributed by atoms with E-state index in [0.29, 0.717) is 32.0 Å². The van der Waals surface area contributed by atoms with E-state index in [4.69, 9.17) is 0 Å². The van der Waals surface area contributed by atoms with Crippen LogP contribution in [0.2, 0.25) is 0 Å². The summed E-state index contributed by atoms with van der Waals surface area (Å²) in [5.74, 6) is 0.692. The lowest BCUT2D eigenvalue weighted by molar-refractivity contribution is -0.130. The van der Waals surface area contributed by atoms with E-state index in [1.807, 2.05) is 31.4 Å². The third kappa shape index (κ3) is 4.40. The third-order valence-corrected chi connectivity index (χ3v) is 5.62. The second-order valence-corrected chi connectivity index (χ2v) is 7.70. The van der Waals surface area contributed by atoms with E-state index >= 15 is 0 Å². The van der Waals surface area contributed by atoms with E-state index in [1.165, 1.54) is 12.1 Å². The van der Waals surface area contributed by atoms with Gasteiger partial charge in [-0.3, -0.25) is 9.36 Å². The average molecular weight is 426 g/mol. The maximum absolute atomic E-state index is 13.9. The van der Waals surface area contributed by atoms with Gasteiger partial charge in [-0.2, -0.15) is 0 Å². The standard InChI is InChI=1S/C22H24F2N6O/c1-14-15(2)30(13-25-14)21-12-20(26-16(3)27-21)28-6-8-29(9-7-28)22(31)10-17-4-5-18(23)11-19(17)24/h4-5,11-13H,6-10H2,1-3H3. The van der Waals surface area contributed by atoms with Gasteiger partial charge in [0, 0.05) is 44.0 Å². The molecule has 3 heterocycles. The summed E-state index contributed by atoms with van der Waals surface area (Å²) in [7, 11) is 0. The van der Waals surface area contributed by atoms with Gasteiger partial charge in [0.25, 0.3) is 0 Å². The van der Waals surface area contributed by atoms with Gasteiger partial charge < -0.3 is 9.80 Å². The molecule has 0 radical (unpaired) electrons. The highest BCUT2D eigenvalue weighted by Crippen LogP contribution is 2.20. The van der Waals surface area contributed by atoms with Crippen LogP contribution >= 0.6 is 0 Å². The van der Waals surface area contributed by atoms with Gasteiger partial charge in [-0.15, -0.1) is 0 Å². The second-order valence-electron chi connectivity index (χ2n) is 7.70. The van der Waals surface area contributed by atoms with E-state index < -0.39 is 11.6 Å². The number of amides is 1. The molecule has 3 aromatic rings. The first-order valence-electron chi connectivity index (χ1n) is 10.1. The number of nitrogens with zero attached hydrogens (tertiary/aromatic N) is 6. The van der Waals surface area contributed by atoms with Crippen molar-refractivity contribution in [2.75, 3.05) is 31.1 Å². The molecule has 1 aliphatic heterocycles. The zero-order valence-corrected chi connectivity index (χ0v) is 17.8. The molecule has 2 aromatic heterocycles. The molecule has 0 unspecified atom stereocenters. The van der Waals surface area contributed by atoms with Crippen molar-refractivity contribution in [3.63, 3.8) is 0 Å². The van der Waals surface area contributed by atoms with Crippen LogP contribution in [0.1, 0.15) is 22.8 Å². The van der Waals surface area contributed by atoms with Crippen LogP contribution in [0.4, 0.5) is 14.6 Å². The lowest BCUT2D eigenvalue weighted by Crippen LogP contribution is -2.49. The number of halogens is 2. The fourth-order valence-electron chi connectivity index (χ4n) is 3.68. The summed E-state index contributed by atoms with van der Waals surface area (Å²) in [5.41, 5.74) is 2.17. The van der Waals surface area contributed by atoms with Gasteiger partial charge in [0.05, 0.1) is 12.1 Å². The van der Waals surface area contributed by atoms with Crippen molar-refractivity contribution in [3.8, 4) is 5.82 Å². The summed E-state index contributed by atoms with van der Waals surface area (Å²) in [5, 5.41) is 0. The Bertz CT molecular complexity index is 1120. The molecule has 0 N–H and O–H groups in total. The Balaban J connectivity index is 1.44. The largest absolute Gasteiger partial charge is 0.353 e. The predicted molar refractivity (Wildman–Crippen MR) is 112 cm³/mol. The van der Waals surface area contributed by atoms with Crippen molar-refractivity contribution < 1.29 is 13.6 Å². The van der Waals surface area contributed by atoms with Crippen molar-refractivity contribution in [3.05, 3.63) is 65.0 Å². The van der Waals surface area contributed by atoms with E-state index in [0.717, 1.165) is 29.1 Å². The van der Waals surface area contributed by atoms with Crippen LogP contribution in [-0.2, 0) is 11.2 Å². The van der Waals surface area contributed by atoms with Crippen LogP contribution < -0.4 is 4.90 Å². The number of hydrogen-bond acceptors (Lipinski definition) is 5. The maximum atomic E-state index is 13.9. The van der Waals surface area contributed by atoms with Crippen LogP contribution in [0.15, 0.2) is 30.6 Å². The minimum absolute atomic E-state index is 0.0812. The topological polar surface area (TPSA) is 67.2 Å². The molecule has 1 aliphatic rings. The number of benzene rings is 1. The van der Waals surface area contributed by atoms with Crippen LogP contribution in [0.3, 0.4) is 0 Å². The van der Waals surface area contributed by atoms with E-state index in [1.54, 1.807) is 11.2 Å².